The quantitative estimate of drug-likeness (QED) is 0.527. The Morgan fingerprint density at radius 1 is 1.00 bits per heavy atom. The van der Waals surface area contributed by atoms with E-state index in [1.165, 1.54) is 18.2 Å². The first-order valence-corrected chi connectivity index (χ1v) is 10.4. The number of anilines is 2. The van der Waals surface area contributed by atoms with Gasteiger partial charge in [0.05, 0.1) is 21.4 Å². The van der Waals surface area contributed by atoms with E-state index in [-0.39, 0.29) is 22.8 Å². The van der Waals surface area contributed by atoms with Crippen LogP contribution in [0.1, 0.15) is 11.1 Å². The highest BCUT2D eigenvalue weighted by Gasteiger charge is 2.51. The Kier molecular flexibility index (Phi) is 5.87. The van der Waals surface area contributed by atoms with Gasteiger partial charge in [0.25, 0.3) is 11.6 Å². The number of nitrogens with zero attached hydrogens (tertiary/aromatic N) is 1. The second-order valence-corrected chi connectivity index (χ2v) is 7.89. The van der Waals surface area contributed by atoms with Crippen LogP contribution in [0.5, 0.6) is 0 Å². The van der Waals surface area contributed by atoms with E-state index in [0.717, 1.165) is 10.5 Å². The molecule has 3 aromatic carbocycles. The Bertz CT molecular complexity index is 1140. The number of halogens is 2. The molecule has 0 fully saturated rings. The molecule has 3 N–H and O–H groups in total. The summed E-state index contributed by atoms with van der Waals surface area (Å²) in [5.74, 6) is -0.725. The van der Waals surface area contributed by atoms with E-state index in [2.05, 4.69) is 10.6 Å². The number of amides is 3. The molecule has 0 bridgehead atoms. The number of hydrogen-bond acceptors (Lipinski definition) is 3. The maximum atomic E-state index is 13.3. The molecule has 6 nitrogen and oxygen atoms in total. The van der Waals surface area contributed by atoms with Crippen LogP contribution in [0.3, 0.4) is 0 Å². The van der Waals surface area contributed by atoms with Crippen molar-refractivity contribution in [2.45, 2.75) is 12.1 Å². The first-order valence-electron chi connectivity index (χ1n) is 9.61. The Balaban J connectivity index is 1.70. The van der Waals surface area contributed by atoms with Crippen molar-refractivity contribution in [3.05, 3.63) is 94.0 Å². The van der Waals surface area contributed by atoms with E-state index in [1.807, 2.05) is 30.3 Å². The molecule has 0 saturated carbocycles. The molecule has 4 rings (SSSR count). The summed E-state index contributed by atoms with van der Waals surface area (Å²) < 4.78 is 0. The molecule has 1 aliphatic heterocycles. The van der Waals surface area contributed by atoms with Crippen molar-refractivity contribution in [2.24, 2.45) is 0 Å². The fraction of sp³-hybridized carbons (Fsp3) is 0.130. The molecule has 3 amide bonds. The molecular formula is C23H19Cl2N3O3. The van der Waals surface area contributed by atoms with Crippen LogP contribution in [0.15, 0.2) is 72.8 Å². The Hall–Kier alpha value is -3.06. The summed E-state index contributed by atoms with van der Waals surface area (Å²) in [5.41, 5.74) is -0.422. The topological polar surface area (TPSA) is 81.7 Å². The van der Waals surface area contributed by atoms with E-state index >= 15 is 0 Å². The van der Waals surface area contributed by atoms with Crippen molar-refractivity contribution in [2.75, 3.05) is 16.8 Å². The fourth-order valence-corrected chi connectivity index (χ4v) is 3.87. The number of para-hydroxylation sites is 1. The number of rotatable bonds is 5. The van der Waals surface area contributed by atoms with Gasteiger partial charge in [0.1, 0.15) is 0 Å². The largest absolute Gasteiger partial charge is 0.359 e. The average Bonchev–Trinajstić information content (AvgIpc) is 2.77. The number of fused-ring (bicyclic) bond motifs is 1. The van der Waals surface area contributed by atoms with Crippen LogP contribution < -0.4 is 15.5 Å². The maximum Gasteiger partial charge on any atom is 0.329 e. The van der Waals surface area contributed by atoms with Crippen LogP contribution in [-0.4, -0.2) is 23.6 Å². The van der Waals surface area contributed by atoms with Crippen molar-refractivity contribution in [1.29, 1.82) is 0 Å². The van der Waals surface area contributed by atoms with Crippen molar-refractivity contribution < 1.29 is 14.7 Å². The maximum absolute atomic E-state index is 13.3. The SMILES string of the molecule is O=C1Nc2ccccc2C(O)(C(=O)NCCc2ccccc2)N1c1ccc(Cl)c(Cl)c1. The molecule has 0 radical (unpaired) electrons. The van der Waals surface area contributed by atoms with Crippen molar-refractivity contribution in [1.82, 2.24) is 5.32 Å². The molecule has 1 unspecified atom stereocenters. The minimum atomic E-state index is -2.28. The third-order valence-electron chi connectivity index (χ3n) is 5.09. The predicted molar refractivity (Wildman–Crippen MR) is 121 cm³/mol. The number of aliphatic hydroxyl groups is 1. The van der Waals surface area contributed by atoms with Gasteiger partial charge in [-0.15, -0.1) is 0 Å². The number of benzene rings is 3. The number of urea groups is 1. The summed E-state index contributed by atoms with van der Waals surface area (Å²) in [4.78, 5) is 27.3. The molecule has 31 heavy (non-hydrogen) atoms. The summed E-state index contributed by atoms with van der Waals surface area (Å²) in [6.45, 7) is 0.282. The highest BCUT2D eigenvalue weighted by molar-refractivity contribution is 6.42. The lowest BCUT2D eigenvalue weighted by Gasteiger charge is -2.42. The number of nitrogens with one attached hydrogen (secondary N) is 2. The van der Waals surface area contributed by atoms with Gasteiger partial charge < -0.3 is 15.7 Å². The minimum Gasteiger partial charge on any atom is -0.359 e. The van der Waals surface area contributed by atoms with Crippen LogP contribution in [0.25, 0.3) is 0 Å². The first-order chi connectivity index (χ1) is 14.9. The second kappa shape index (κ2) is 8.59. The zero-order chi connectivity index (χ0) is 22.0. The lowest BCUT2D eigenvalue weighted by Crippen LogP contribution is -2.62. The molecule has 0 spiro atoms. The van der Waals surface area contributed by atoms with Gasteiger partial charge in [-0.1, -0.05) is 71.7 Å². The number of hydrogen-bond donors (Lipinski definition) is 3. The van der Waals surface area contributed by atoms with E-state index in [1.54, 1.807) is 24.3 Å². The van der Waals surface area contributed by atoms with Crippen molar-refractivity contribution >= 4 is 46.5 Å². The van der Waals surface area contributed by atoms with E-state index in [0.29, 0.717) is 17.1 Å². The van der Waals surface area contributed by atoms with Gasteiger partial charge in [0.15, 0.2) is 0 Å². The van der Waals surface area contributed by atoms with Crippen LogP contribution in [-0.2, 0) is 16.9 Å². The minimum absolute atomic E-state index is 0.192. The fourth-order valence-electron chi connectivity index (χ4n) is 3.57. The average molecular weight is 456 g/mol. The van der Waals surface area contributed by atoms with Gasteiger partial charge in [-0.2, -0.15) is 0 Å². The molecule has 0 aromatic heterocycles. The monoisotopic (exact) mass is 455 g/mol. The highest BCUT2D eigenvalue weighted by Crippen LogP contribution is 2.41. The Morgan fingerprint density at radius 2 is 1.71 bits per heavy atom. The summed E-state index contributed by atoms with van der Waals surface area (Å²) in [6, 6.07) is 20.0. The third kappa shape index (κ3) is 3.97. The van der Waals surface area contributed by atoms with E-state index in [4.69, 9.17) is 23.2 Å². The van der Waals surface area contributed by atoms with E-state index in [9.17, 15) is 14.7 Å². The zero-order valence-electron chi connectivity index (χ0n) is 16.3. The summed E-state index contributed by atoms with van der Waals surface area (Å²) in [5, 5.41) is 17.7. The molecule has 3 aromatic rings. The second-order valence-electron chi connectivity index (χ2n) is 7.07. The van der Waals surface area contributed by atoms with Gasteiger partial charge in [-0.25, -0.2) is 4.79 Å². The number of carbonyl (C=O) groups is 2. The molecule has 0 saturated heterocycles. The molecule has 1 aliphatic rings. The van der Waals surface area contributed by atoms with Crippen molar-refractivity contribution in [3.8, 4) is 0 Å². The predicted octanol–water partition coefficient (Wildman–Crippen LogP) is 4.55. The smallest absolute Gasteiger partial charge is 0.329 e. The van der Waals surface area contributed by atoms with E-state index < -0.39 is 17.7 Å². The molecule has 158 valence electrons. The molecule has 8 heteroatoms. The highest BCUT2D eigenvalue weighted by atomic mass is 35.5. The Labute approximate surface area is 189 Å². The Morgan fingerprint density at radius 3 is 2.45 bits per heavy atom. The van der Waals surface area contributed by atoms with Crippen LogP contribution in [0.2, 0.25) is 10.0 Å². The van der Waals surface area contributed by atoms with Gasteiger partial charge in [-0.05, 0) is 36.2 Å². The number of carbonyl (C=O) groups excluding carboxylic acids is 2. The van der Waals surface area contributed by atoms with Gasteiger partial charge >= 0.3 is 6.03 Å². The van der Waals surface area contributed by atoms with Crippen molar-refractivity contribution in [3.63, 3.8) is 0 Å². The lowest BCUT2D eigenvalue weighted by molar-refractivity contribution is -0.140. The zero-order valence-corrected chi connectivity index (χ0v) is 17.8. The standard InChI is InChI=1S/C23H19Cl2N3O3/c24-18-11-10-16(14-19(18)25)28-22(30)27-20-9-5-4-8-17(20)23(28,31)21(29)26-13-12-15-6-2-1-3-7-15/h1-11,14,31H,12-13H2,(H,26,29)(H,27,30). The first kappa shape index (κ1) is 21.2. The summed E-state index contributed by atoms with van der Waals surface area (Å²) >= 11 is 12.1. The summed E-state index contributed by atoms with van der Waals surface area (Å²) in [7, 11) is 0. The lowest BCUT2D eigenvalue weighted by atomic mass is 9.94. The van der Waals surface area contributed by atoms with Crippen LogP contribution in [0, 0.1) is 0 Å². The molecular weight excluding hydrogens is 437 g/mol. The van der Waals surface area contributed by atoms with Crippen LogP contribution in [0.4, 0.5) is 16.2 Å². The molecule has 0 aliphatic carbocycles. The molecule has 1 heterocycles. The van der Waals surface area contributed by atoms with Crippen LogP contribution >= 0.6 is 23.2 Å². The van der Waals surface area contributed by atoms with Gasteiger partial charge in [0, 0.05) is 12.1 Å². The molecule has 1 atom stereocenters. The van der Waals surface area contributed by atoms with Gasteiger partial charge in [0.2, 0.25) is 0 Å². The normalized spacial score (nSPS) is 17.6. The summed E-state index contributed by atoms with van der Waals surface area (Å²) in [6.07, 6.45) is 0.573. The third-order valence-corrected chi connectivity index (χ3v) is 5.83. The van der Waals surface area contributed by atoms with Gasteiger partial charge in [-0.3, -0.25) is 9.69 Å².